The molecule has 1 aromatic carbocycles. The van der Waals surface area contributed by atoms with Gasteiger partial charge in [-0.15, -0.1) is 0 Å². The average Bonchev–Trinajstić information content (AvgIpc) is 3.03. The van der Waals surface area contributed by atoms with Crippen LogP contribution in [0.3, 0.4) is 0 Å². The Bertz CT molecular complexity index is 1200. The molecule has 0 fully saturated rings. The van der Waals surface area contributed by atoms with Crippen molar-refractivity contribution in [3.63, 3.8) is 0 Å². The Labute approximate surface area is 161 Å². The second-order valence-corrected chi connectivity index (χ2v) is 7.58. The lowest BCUT2D eigenvalue weighted by Gasteiger charge is -2.32. The Kier molecular flexibility index (Phi) is 4.21. The molecule has 7 nitrogen and oxygen atoms in total. The van der Waals surface area contributed by atoms with E-state index in [1.807, 2.05) is 9.47 Å². The van der Waals surface area contributed by atoms with Gasteiger partial charge in [-0.25, -0.2) is 9.18 Å². The number of halogens is 1. The summed E-state index contributed by atoms with van der Waals surface area (Å²) in [5.74, 6) is 0.508. The van der Waals surface area contributed by atoms with Gasteiger partial charge < -0.3 is 9.47 Å². The summed E-state index contributed by atoms with van der Waals surface area (Å²) < 4.78 is 17.8. The van der Waals surface area contributed by atoms with E-state index in [4.69, 9.17) is 0 Å². The van der Waals surface area contributed by atoms with Gasteiger partial charge in [0.25, 0.3) is 5.56 Å². The molecule has 0 spiro atoms. The third-order valence-corrected chi connectivity index (χ3v) is 5.01. The third-order valence-electron chi connectivity index (χ3n) is 5.01. The van der Waals surface area contributed by atoms with Crippen LogP contribution in [-0.4, -0.2) is 25.2 Å². The van der Waals surface area contributed by atoms with E-state index in [0.29, 0.717) is 30.2 Å². The molecule has 0 amide bonds. The SMILES string of the molecule is C=C(C)Cn1c(=O)c2c(nc3n2C[C@H](C)CN3c2ccc(F)cc2)n(C)c1=O. The van der Waals surface area contributed by atoms with Gasteiger partial charge in [0.1, 0.15) is 5.82 Å². The number of imidazole rings is 1. The summed E-state index contributed by atoms with van der Waals surface area (Å²) in [7, 11) is 1.61. The first-order chi connectivity index (χ1) is 13.3. The first-order valence-electron chi connectivity index (χ1n) is 9.15. The first kappa shape index (κ1) is 18.2. The average molecular weight is 383 g/mol. The number of aryl methyl sites for hydroxylation is 1. The quantitative estimate of drug-likeness (QED) is 0.652. The van der Waals surface area contributed by atoms with E-state index in [1.165, 1.54) is 21.3 Å². The number of rotatable bonds is 3. The zero-order chi connectivity index (χ0) is 20.2. The predicted molar refractivity (Wildman–Crippen MR) is 107 cm³/mol. The van der Waals surface area contributed by atoms with E-state index in [2.05, 4.69) is 18.5 Å². The summed E-state index contributed by atoms with van der Waals surface area (Å²) in [6.45, 7) is 9.14. The minimum atomic E-state index is -0.419. The Hall–Kier alpha value is -3.16. The maximum atomic E-state index is 13.4. The molecule has 3 heterocycles. The number of hydrogen-bond acceptors (Lipinski definition) is 4. The van der Waals surface area contributed by atoms with Crippen molar-refractivity contribution < 1.29 is 4.39 Å². The maximum absolute atomic E-state index is 13.4. The van der Waals surface area contributed by atoms with Crippen LogP contribution in [0.2, 0.25) is 0 Å². The molecule has 2 aromatic heterocycles. The van der Waals surface area contributed by atoms with Gasteiger partial charge in [-0.1, -0.05) is 19.1 Å². The van der Waals surface area contributed by atoms with Crippen LogP contribution in [0.25, 0.3) is 11.2 Å². The fourth-order valence-electron chi connectivity index (χ4n) is 3.75. The normalized spacial score (nSPS) is 16.4. The smallest absolute Gasteiger partial charge is 0.312 e. The lowest BCUT2D eigenvalue weighted by atomic mass is 10.1. The summed E-state index contributed by atoms with van der Waals surface area (Å²) in [4.78, 5) is 32.4. The lowest BCUT2D eigenvalue weighted by molar-refractivity contribution is 0.457. The van der Waals surface area contributed by atoms with E-state index in [-0.39, 0.29) is 23.8 Å². The van der Waals surface area contributed by atoms with E-state index < -0.39 is 5.69 Å². The van der Waals surface area contributed by atoms with Crippen LogP contribution >= 0.6 is 0 Å². The van der Waals surface area contributed by atoms with Crippen molar-refractivity contribution in [1.29, 1.82) is 0 Å². The number of benzene rings is 1. The molecular formula is C20H22FN5O2. The molecule has 1 aliphatic heterocycles. The standard InChI is InChI=1S/C20H22FN5O2/c1-12(2)9-26-18(27)16-17(23(4)20(26)28)22-19-24(10-13(3)11-25(16)19)15-7-5-14(21)6-8-15/h5-8,13H,1,9-11H2,2-4H3/t13-/m1/s1. The van der Waals surface area contributed by atoms with Gasteiger partial charge in [0.05, 0.1) is 6.54 Å². The highest BCUT2D eigenvalue weighted by Crippen LogP contribution is 2.32. The van der Waals surface area contributed by atoms with Crippen LogP contribution in [0, 0.1) is 11.7 Å². The van der Waals surface area contributed by atoms with Gasteiger partial charge in [0, 0.05) is 25.8 Å². The highest BCUT2D eigenvalue weighted by Gasteiger charge is 2.29. The first-order valence-corrected chi connectivity index (χ1v) is 9.15. The van der Waals surface area contributed by atoms with Gasteiger partial charge in [-0.3, -0.25) is 13.9 Å². The van der Waals surface area contributed by atoms with Crippen molar-refractivity contribution in [2.75, 3.05) is 11.4 Å². The molecule has 0 bridgehead atoms. The number of hydrogen-bond donors (Lipinski definition) is 0. The second-order valence-electron chi connectivity index (χ2n) is 7.58. The molecule has 8 heteroatoms. The van der Waals surface area contributed by atoms with E-state index in [1.54, 1.807) is 26.1 Å². The van der Waals surface area contributed by atoms with Crippen LogP contribution in [0.15, 0.2) is 46.0 Å². The van der Waals surface area contributed by atoms with Crippen molar-refractivity contribution in [3.05, 3.63) is 63.1 Å². The fourth-order valence-corrected chi connectivity index (χ4v) is 3.75. The Morgan fingerprint density at radius 3 is 2.57 bits per heavy atom. The molecule has 3 aromatic rings. The molecule has 1 atom stereocenters. The van der Waals surface area contributed by atoms with Gasteiger partial charge in [0.15, 0.2) is 11.2 Å². The molecule has 0 N–H and O–H groups in total. The number of fused-ring (bicyclic) bond motifs is 3. The Morgan fingerprint density at radius 2 is 1.93 bits per heavy atom. The van der Waals surface area contributed by atoms with E-state index in [0.717, 1.165) is 11.3 Å². The van der Waals surface area contributed by atoms with Gasteiger partial charge in [-0.05, 0) is 37.1 Å². The second kappa shape index (κ2) is 6.47. The fraction of sp³-hybridized carbons (Fsp3) is 0.350. The molecule has 28 heavy (non-hydrogen) atoms. The highest BCUT2D eigenvalue weighted by molar-refractivity contribution is 5.77. The van der Waals surface area contributed by atoms with Crippen LogP contribution in [-0.2, 0) is 20.1 Å². The number of nitrogens with zero attached hydrogens (tertiary/aromatic N) is 5. The van der Waals surface area contributed by atoms with Gasteiger partial charge in [-0.2, -0.15) is 4.98 Å². The molecule has 1 aliphatic rings. The molecule has 0 saturated heterocycles. The van der Waals surface area contributed by atoms with E-state index in [9.17, 15) is 14.0 Å². The summed E-state index contributed by atoms with van der Waals surface area (Å²) in [6, 6.07) is 6.18. The lowest BCUT2D eigenvalue weighted by Crippen LogP contribution is -2.40. The van der Waals surface area contributed by atoms with Crippen molar-refractivity contribution in [3.8, 4) is 0 Å². The molecule has 146 valence electrons. The molecule has 0 aliphatic carbocycles. The number of anilines is 2. The van der Waals surface area contributed by atoms with Gasteiger partial charge in [0.2, 0.25) is 5.95 Å². The van der Waals surface area contributed by atoms with Crippen molar-refractivity contribution >= 4 is 22.8 Å². The zero-order valence-electron chi connectivity index (χ0n) is 16.1. The summed E-state index contributed by atoms with van der Waals surface area (Å²) in [5, 5.41) is 0. The molecule has 0 radical (unpaired) electrons. The Balaban J connectivity index is 2.00. The maximum Gasteiger partial charge on any atom is 0.332 e. The molecule has 4 rings (SSSR count). The van der Waals surface area contributed by atoms with Crippen molar-refractivity contribution in [1.82, 2.24) is 18.7 Å². The van der Waals surface area contributed by atoms with Crippen LogP contribution in [0.5, 0.6) is 0 Å². The van der Waals surface area contributed by atoms with Gasteiger partial charge >= 0.3 is 5.69 Å². The molecular weight excluding hydrogens is 361 g/mol. The van der Waals surface area contributed by atoms with Crippen LogP contribution in [0.1, 0.15) is 13.8 Å². The highest BCUT2D eigenvalue weighted by atomic mass is 19.1. The van der Waals surface area contributed by atoms with Crippen LogP contribution in [0.4, 0.5) is 16.0 Å². The minimum Gasteiger partial charge on any atom is -0.312 e. The summed E-state index contributed by atoms with van der Waals surface area (Å²) >= 11 is 0. The van der Waals surface area contributed by atoms with Crippen LogP contribution < -0.4 is 16.1 Å². The number of aromatic nitrogens is 4. The Morgan fingerprint density at radius 1 is 1.25 bits per heavy atom. The zero-order valence-corrected chi connectivity index (χ0v) is 16.1. The largest absolute Gasteiger partial charge is 0.332 e. The van der Waals surface area contributed by atoms with Crippen molar-refractivity contribution in [2.45, 2.75) is 26.9 Å². The topological polar surface area (TPSA) is 65.1 Å². The third kappa shape index (κ3) is 2.76. The summed E-state index contributed by atoms with van der Waals surface area (Å²) in [5.41, 5.74) is 1.47. The minimum absolute atomic E-state index is 0.166. The van der Waals surface area contributed by atoms with E-state index >= 15 is 0 Å². The van der Waals surface area contributed by atoms with Crippen molar-refractivity contribution in [2.24, 2.45) is 13.0 Å². The monoisotopic (exact) mass is 383 g/mol. The molecule has 0 unspecified atom stereocenters. The predicted octanol–water partition coefficient (Wildman–Crippen LogP) is 2.40. The summed E-state index contributed by atoms with van der Waals surface area (Å²) in [6.07, 6.45) is 0. The molecule has 0 saturated carbocycles. The number of allylic oxidation sites excluding steroid dienone is 1.